The van der Waals surface area contributed by atoms with Crippen LogP contribution < -0.4 is 16.0 Å². The Hall–Kier alpha value is -3.07. The fourth-order valence-corrected chi connectivity index (χ4v) is 5.21. The van der Waals surface area contributed by atoms with Gasteiger partial charge >= 0.3 is 0 Å². The van der Waals surface area contributed by atoms with Crippen molar-refractivity contribution >= 4 is 39.9 Å². The molecule has 0 aromatic carbocycles. The number of thiazole rings is 1. The zero-order valence-electron chi connectivity index (χ0n) is 18.5. The Morgan fingerprint density at radius 3 is 2.53 bits per heavy atom. The van der Waals surface area contributed by atoms with E-state index in [2.05, 4.69) is 34.0 Å². The zero-order valence-corrected chi connectivity index (χ0v) is 19.4. The summed E-state index contributed by atoms with van der Waals surface area (Å²) in [6.45, 7) is 5.79. The Balaban J connectivity index is 1.80. The summed E-state index contributed by atoms with van der Waals surface area (Å²) >= 11 is 1.51. The van der Waals surface area contributed by atoms with Crippen molar-refractivity contribution in [3.05, 3.63) is 35.6 Å². The van der Waals surface area contributed by atoms with Crippen LogP contribution in [0.1, 0.15) is 56.8 Å². The molecule has 1 fully saturated rings. The summed E-state index contributed by atoms with van der Waals surface area (Å²) in [4.78, 5) is 40.7. The van der Waals surface area contributed by atoms with Crippen molar-refractivity contribution in [1.29, 1.82) is 0 Å². The number of nitrogens with zero attached hydrogens (tertiary/aromatic N) is 4. The number of fused-ring (bicyclic) bond motifs is 1. The van der Waals surface area contributed by atoms with Crippen LogP contribution in [-0.2, 0) is 4.79 Å². The number of hydrogen-bond donors (Lipinski definition) is 2. The maximum atomic E-state index is 12.4. The third-order valence-electron chi connectivity index (χ3n) is 5.95. The number of amides is 2. The Morgan fingerprint density at radius 1 is 1.19 bits per heavy atom. The minimum atomic E-state index is -0.517. The molecule has 0 aliphatic heterocycles. The first-order valence-corrected chi connectivity index (χ1v) is 11.8. The maximum absolute atomic E-state index is 12.4. The molecule has 4 rings (SSSR count). The van der Waals surface area contributed by atoms with Gasteiger partial charge in [0.15, 0.2) is 0 Å². The minimum absolute atomic E-state index is 0.00473. The minimum Gasteiger partial charge on any atom is -0.365 e. The van der Waals surface area contributed by atoms with Gasteiger partial charge in [-0.05, 0) is 51.7 Å². The van der Waals surface area contributed by atoms with Crippen LogP contribution in [0, 0.1) is 0 Å². The smallest absolute Gasteiger partial charge is 0.252 e. The molecule has 8 nitrogen and oxygen atoms in total. The van der Waals surface area contributed by atoms with E-state index < -0.39 is 5.91 Å². The lowest BCUT2D eigenvalue weighted by molar-refractivity contribution is -0.119. The largest absolute Gasteiger partial charge is 0.365 e. The average molecular weight is 453 g/mol. The Bertz CT molecular complexity index is 1120. The van der Waals surface area contributed by atoms with Crippen molar-refractivity contribution in [3.63, 3.8) is 0 Å². The Labute approximate surface area is 191 Å². The number of carbonyl (C=O) groups excluding carboxylic acids is 2. The molecule has 0 atom stereocenters. The van der Waals surface area contributed by atoms with Crippen molar-refractivity contribution in [1.82, 2.24) is 20.3 Å². The van der Waals surface area contributed by atoms with Gasteiger partial charge in [0.2, 0.25) is 5.91 Å². The van der Waals surface area contributed by atoms with Gasteiger partial charge in [0.05, 0.1) is 32.8 Å². The number of hydrogen-bond acceptors (Lipinski definition) is 7. The third-order valence-corrected chi connectivity index (χ3v) is 6.74. The first-order chi connectivity index (χ1) is 15.3. The molecule has 1 aliphatic carbocycles. The SMILES string of the molecule is CC(=O)NC1CCC(N(c2c(C(N)=O)cnc3ccc(-c4cncs4)nc23)C(C)C)CC1. The summed E-state index contributed by atoms with van der Waals surface area (Å²) in [5, 5.41) is 3.03. The van der Waals surface area contributed by atoms with Gasteiger partial charge in [0.25, 0.3) is 5.91 Å². The number of carbonyl (C=O) groups is 2. The highest BCUT2D eigenvalue weighted by Crippen LogP contribution is 2.36. The zero-order chi connectivity index (χ0) is 22.8. The summed E-state index contributed by atoms with van der Waals surface area (Å²) in [6.07, 6.45) is 6.93. The van der Waals surface area contributed by atoms with Crippen LogP contribution in [0.2, 0.25) is 0 Å². The monoisotopic (exact) mass is 452 g/mol. The molecule has 1 saturated carbocycles. The topological polar surface area (TPSA) is 114 Å². The Morgan fingerprint density at radius 2 is 1.94 bits per heavy atom. The van der Waals surface area contributed by atoms with Gasteiger partial charge in [-0.3, -0.25) is 19.6 Å². The molecule has 0 bridgehead atoms. The van der Waals surface area contributed by atoms with Crippen LogP contribution in [-0.4, -0.2) is 44.9 Å². The lowest BCUT2D eigenvalue weighted by atomic mass is 9.88. The first kappa shape index (κ1) is 22.1. The highest BCUT2D eigenvalue weighted by Gasteiger charge is 2.32. The lowest BCUT2D eigenvalue weighted by Gasteiger charge is -2.41. The second-order valence-electron chi connectivity index (χ2n) is 8.52. The molecule has 3 aromatic heterocycles. The molecule has 3 aromatic rings. The van der Waals surface area contributed by atoms with E-state index in [1.54, 1.807) is 24.8 Å². The van der Waals surface area contributed by atoms with Gasteiger partial charge in [-0.25, -0.2) is 4.98 Å². The van der Waals surface area contributed by atoms with E-state index in [-0.39, 0.29) is 24.0 Å². The highest BCUT2D eigenvalue weighted by molar-refractivity contribution is 7.13. The maximum Gasteiger partial charge on any atom is 0.252 e. The molecule has 9 heteroatoms. The second kappa shape index (κ2) is 9.20. The van der Waals surface area contributed by atoms with E-state index >= 15 is 0 Å². The van der Waals surface area contributed by atoms with Gasteiger partial charge in [0.1, 0.15) is 5.52 Å². The van der Waals surface area contributed by atoms with E-state index in [1.807, 2.05) is 12.1 Å². The number of rotatable bonds is 6. The first-order valence-electron chi connectivity index (χ1n) is 10.9. The van der Waals surface area contributed by atoms with Gasteiger partial charge in [-0.15, -0.1) is 11.3 Å². The number of primary amides is 1. The lowest BCUT2D eigenvalue weighted by Crippen LogP contribution is -2.47. The van der Waals surface area contributed by atoms with Crippen molar-refractivity contribution in [2.24, 2.45) is 5.73 Å². The quantitative estimate of drug-likeness (QED) is 0.591. The molecule has 0 radical (unpaired) electrons. The molecular formula is C23H28N6O2S. The fourth-order valence-electron chi connectivity index (χ4n) is 4.62. The van der Waals surface area contributed by atoms with Crippen LogP contribution in [0.5, 0.6) is 0 Å². The summed E-state index contributed by atoms with van der Waals surface area (Å²) in [6, 6.07) is 4.37. The third kappa shape index (κ3) is 4.43. The fraction of sp³-hybridized carbons (Fsp3) is 0.435. The molecule has 168 valence electrons. The van der Waals surface area contributed by atoms with Crippen LogP contribution >= 0.6 is 11.3 Å². The molecule has 32 heavy (non-hydrogen) atoms. The predicted molar refractivity (Wildman–Crippen MR) is 127 cm³/mol. The van der Waals surface area contributed by atoms with Crippen molar-refractivity contribution in [2.45, 2.75) is 64.6 Å². The summed E-state index contributed by atoms with van der Waals surface area (Å²) in [5.41, 5.74) is 10.9. The van der Waals surface area contributed by atoms with E-state index in [4.69, 9.17) is 10.7 Å². The molecule has 0 unspecified atom stereocenters. The van der Waals surface area contributed by atoms with Gasteiger partial charge in [0, 0.05) is 37.4 Å². The Kier molecular flexibility index (Phi) is 6.36. The summed E-state index contributed by atoms with van der Waals surface area (Å²) in [5.74, 6) is -0.512. The number of aromatic nitrogens is 3. The number of nitrogens with one attached hydrogen (secondary N) is 1. The van der Waals surface area contributed by atoms with E-state index in [0.29, 0.717) is 11.1 Å². The number of pyridine rings is 2. The van der Waals surface area contributed by atoms with Gasteiger partial charge < -0.3 is 16.0 Å². The molecule has 3 heterocycles. The molecule has 0 saturated heterocycles. The van der Waals surface area contributed by atoms with Crippen molar-refractivity contribution in [3.8, 4) is 10.6 Å². The predicted octanol–water partition coefficient (Wildman–Crippen LogP) is 3.51. The van der Waals surface area contributed by atoms with Crippen molar-refractivity contribution < 1.29 is 9.59 Å². The molecule has 2 amide bonds. The van der Waals surface area contributed by atoms with E-state index in [0.717, 1.165) is 47.5 Å². The van der Waals surface area contributed by atoms with Crippen LogP contribution in [0.4, 0.5) is 5.69 Å². The van der Waals surface area contributed by atoms with Crippen LogP contribution in [0.15, 0.2) is 30.0 Å². The van der Waals surface area contributed by atoms with E-state index in [1.165, 1.54) is 11.3 Å². The van der Waals surface area contributed by atoms with Gasteiger partial charge in [-0.1, -0.05) is 0 Å². The standard InChI is InChI=1S/C23H28N6O2S/c1-13(2)29(16-6-4-15(5-7-16)27-14(3)30)22-17(23(24)31)10-26-19-9-8-18(28-21(19)22)20-11-25-12-32-20/h8-13,15-16H,4-7H2,1-3H3,(H2,24,31)(H,27,30). The summed E-state index contributed by atoms with van der Waals surface area (Å²) < 4.78 is 0. The molecule has 3 N–H and O–H groups in total. The normalized spacial score (nSPS) is 18.6. The second-order valence-corrected chi connectivity index (χ2v) is 9.41. The van der Waals surface area contributed by atoms with Crippen LogP contribution in [0.3, 0.4) is 0 Å². The molecule has 0 spiro atoms. The van der Waals surface area contributed by atoms with Crippen molar-refractivity contribution in [2.75, 3.05) is 4.90 Å². The van der Waals surface area contributed by atoms with Gasteiger partial charge in [-0.2, -0.15) is 0 Å². The number of nitrogens with two attached hydrogens (primary N) is 1. The highest BCUT2D eigenvalue weighted by atomic mass is 32.1. The summed E-state index contributed by atoms with van der Waals surface area (Å²) in [7, 11) is 0. The molecule has 1 aliphatic rings. The van der Waals surface area contributed by atoms with E-state index in [9.17, 15) is 9.59 Å². The average Bonchev–Trinajstić information content (AvgIpc) is 3.29. The van der Waals surface area contributed by atoms with Crippen LogP contribution in [0.25, 0.3) is 21.6 Å². The molecular weight excluding hydrogens is 424 g/mol. The number of anilines is 1.